The molecule has 0 saturated heterocycles. The molecule has 7 nitrogen and oxygen atoms in total. The van der Waals surface area contributed by atoms with Gasteiger partial charge in [-0.05, 0) is 25.3 Å². The number of carbonyl (C=O) groups is 1. The molecule has 1 saturated carbocycles. The van der Waals surface area contributed by atoms with Crippen molar-refractivity contribution in [2.45, 2.75) is 19.3 Å². The Kier molecular flexibility index (Phi) is 3.57. The number of hydrogen-bond acceptors (Lipinski definition) is 5. The average Bonchev–Trinajstić information content (AvgIpc) is 2.37. The van der Waals surface area contributed by atoms with Gasteiger partial charge in [-0.2, -0.15) is 5.26 Å². The summed E-state index contributed by atoms with van der Waals surface area (Å²) in [4.78, 5) is 22.3. The molecule has 0 atom stereocenters. The summed E-state index contributed by atoms with van der Waals surface area (Å²) < 4.78 is 5.06. The first-order valence-electron chi connectivity index (χ1n) is 6.07. The van der Waals surface area contributed by atoms with Crippen molar-refractivity contribution in [3.8, 4) is 11.8 Å². The predicted octanol–water partition coefficient (Wildman–Crippen LogP) is 2.24. The van der Waals surface area contributed by atoms with Gasteiger partial charge in [-0.3, -0.25) is 14.9 Å². The lowest BCUT2D eigenvalue weighted by atomic mass is 9.69. The van der Waals surface area contributed by atoms with Gasteiger partial charge in [0.05, 0.1) is 23.8 Å². The molecule has 0 aliphatic heterocycles. The molecule has 1 aromatic carbocycles. The summed E-state index contributed by atoms with van der Waals surface area (Å²) in [6.07, 6.45) is 1.84. The van der Waals surface area contributed by atoms with Gasteiger partial charge >= 0.3 is 0 Å². The highest BCUT2D eigenvalue weighted by Gasteiger charge is 2.44. The Bertz CT molecular complexity index is 602. The number of nitriles is 1. The summed E-state index contributed by atoms with van der Waals surface area (Å²) in [5.41, 5.74) is -0.968. The van der Waals surface area contributed by atoms with Crippen molar-refractivity contribution in [1.29, 1.82) is 5.26 Å². The minimum Gasteiger partial charge on any atom is -0.495 e. The van der Waals surface area contributed by atoms with E-state index in [0.29, 0.717) is 18.6 Å². The molecular weight excluding hydrogens is 262 g/mol. The zero-order valence-electron chi connectivity index (χ0n) is 10.9. The van der Waals surface area contributed by atoms with E-state index >= 15 is 0 Å². The summed E-state index contributed by atoms with van der Waals surface area (Å²) in [5.74, 6) is -0.124. The van der Waals surface area contributed by atoms with Crippen molar-refractivity contribution in [1.82, 2.24) is 0 Å². The van der Waals surface area contributed by atoms with Crippen LogP contribution in [-0.4, -0.2) is 17.9 Å². The second-order valence-corrected chi connectivity index (χ2v) is 4.64. The molecule has 1 fully saturated rings. The van der Waals surface area contributed by atoms with E-state index in [0.717, 1.165) is 6.42 Å². The van der Waals surface area contributed by atoms with E-state index < -0.39 is 16.2 Å². The van der Waals surface area contributed by atoms with Crippen molar-refractivity contribution < 1.29 is 14.5 Å². The Morgan fingerprint density at radius 1 is 1.55 bits per heavy atom. The van der Waals surface area contributed by atoms with Crippen LogP contribution in [0.1, 0.15) is 19.3 Å². The van der Waals surface area contributed by atoms with Crippen molar-refractivity contribution in [3.05, 3.63) is 28.3 Å². The topological polar surface area (TPSA) is 105 Å². The number of nitro groups is 1. The first-order valence-corrected chi connectivity index (χ1v) is 6.07. The maximum absolute atomic E-state index is 12.1. The number of anilines is 1. The van der Waals surface area contributed by atoms with Crippen LogP contribution in [0.25, 0.3) is 0 Å². The number of rotatable bonds is 4. The molecule has 0 aromatic heterocycles. The monoisotopic (exact) mass is 275 g/mol. The lowest BCUT2D eigenvalue weighted by molar-refractivity contribution is -0.384. The number of ether oxygens (including phenoxy) is 1. The smallest absolute Gasteiger partial charge is 0.271 e. The van der Waals surface area contributed by atoms with E-state index in [9.17, 15) is 14.9 Å². The molecule has 0 bridgehead atoms. The molecule has 0 spiro atoms. The van der Waals surface area contributed by atoms with Crippen LogP contribution in [0.3, 0.4) is 0 Å². The Balaban J connectivity index is 2.28. The number of non-ortho nitro benzene ring substituents is 1. The van der Waals surface area contributed by atoms with Crippen molar-refractivity contribution in [2.24, 2.45) is 5.41 Å². The third kappa shape index (κ3) is 2.28. The summed E-state index contributed by atoms with van der Waals surface area (Å²) in [6, 6.07) is 5.95. The normalized spacial score (nSPS) is 15.6. The van der Waals surface area contributed by atoms with E-state index in [2.05, 4.69) is 5.32 Å². The van der Waals surface area contributed by atoms with Gasteiger partial charge in [0.1, 0.15) is 11.2 Å². The Morgan fingerprint density at radius 2 is 2.25 bits per heavy atom. The highest BCUT2D eigenvalue weighted by atomic mass is 16.6. The second kappa shape index (κ2) is 5.17. The number of hydrogen-bond donors (Lipinski definition) is 1. The molecule has 0 heterocycles. The maximum Gasteiger partial charge on any atom is 0.271 e. The Hall–Kier alpha value is -2.62. The van der Waals surface area contributed by atoms with Gasteiger partial charge in [-0.1, -0.05) is 0 Å². The van der Waals surface area contributed by atoms with E-state index in [-0.39, 0.29) is 11.4 Å². The summed E-state index contributed by atoms with van der Waals surface area (Å²) in [7, 11) is 1.40. The van der Waals surface area contributed by atoms with Crippen LogP contribution >= 0.6 is 0 Å². The average molecular weight is 275 g/mol. The number of nitrogens with zero attached hydrogens (tertiary/aromatic N) is 2. The molecule has 1 N–H and O–H groups in total. The van der Waals surface area contributed by atoms with Gasteiger partial charge in [0.25, 0.3) is 5.69 Å². The van der Waals surface area contributed by atoms with Gasteiger partial charge in [-0.25, -0.2) is 0 Å². The van der Waals surface area contributed by atoms with Crippen LogP contribution in [0, 0.1) is 26.9 Å². The summed E-state index contributed by atoms with van der Waals surface area (Å²) >= 11 is 0. The third-order valence-corrected chi connectivity index (χ3v) is 3.50. The molecule has 1 amide bonds. The number of benzene rings is 1. The molecule has 1 aliphatic rings. The highest BCUT2D eigenvalue weighted by Crippen LogP contribution is 2.42. The number of carbonyl (C=O) groups excluding carboxylic acids is 1. The van der Waals surface area contributed by atoms with E-state index in [1.807, 2.05) is 6.07 Å². The molecular formula is C13H13N3O4. The van der Waals surface area contributed by atoms with Crippen molar-refractivity contribution in [3.63, 3.8) is 0 Å². The standard InChI is InChI=1S/C13H13N3O4/c1-20-11-4-3-9(16(18)19)7-10(11)15-12(17)13(8-14)5-2-6-13/h3-4,7H,2,5-6H2,1H3,(H,15,17). The molecule has 2 rings (SSSR count). The first-order chi connectivity index (χ1) is 9.52. The fourth-order valence-corrected chi connectivity index (χ4v) is 2.07. The van der Waals surface area contributed by atoms with Crippen LogP contribution < -0.4 is 10.1 Å². The zero-order chi connectivity index (χ0) is 14.8. The summed E-state index contributed by atoms with van der Waals surface area (Å²) in [5, 5.41) is 22.4. The molecule has 1 aliphatic carbocycles. The van der Waals surface area contributed by atoms with Crippen LogP contribution in [0.4, 0.5) is 11.4 Å². The molecule has 7 heteroatoms. The number of nitrogens with one attached hydrogen (secondary N) is 1. The summed E-state index contributed by atoms with van der Waals surface area (Å²) in [6.45, 7) is 0. The zero-order valence-corrected chi connectivity index (χ0v) is 10.9. The van der Waals surface area contributed by atoms with Gasteiger partial charge in [0.2, 0.25) is 5.91 Å². The van der Waals surface area contributed by atoms with Gasteiger partial charge < -0.3 is 10.1 Å². The molecule has 0 radical (unpaired) electrons. The molecule has 1 aromatic rings. The van der Waals surface area contributed by atoms with Crippen LogP contribution in [-0.2, 0) is 4.79 Å². The third-order valence-electron chi connectivity index (χ3n) is 3.50. The Labute approximate surface area is 115 Å². The van der Waals surface area contributed by atoms with Crippen LogP contribution in [0.15, 0.2) is 18.2 Å². The number of methoxy groups -OCH3 is 1. The lowest BCUT2D eigenvalue weighted by Gasteiger charge is -2.33. The SMILES string of the molecule is COc1ccc([N+](=O)[O-])cc1NC(=O)C1(C#N)CCC1. The lowest BCUT2D eigenvalue weighted by Crippen LogP contribution is -2.40. The number of amides is 1. The van der Waals surface area contributed by atoms with Crippen molar-refractivity contribution in [2.75, 3.05) is 12.4 Å². The second-order valence-electron chi connectivity index (χ2n) is 4.64. The van der Waals surface area contributed by atoms with Crippen LogP contribution in [0.2, 0.25) is 0 Å². The van der Waals surface area contributed by atoms with E-state index in [1.165, 1.54) is 25.3 Å². The highest BCUT2D eigenvalue weighted by molar-refractivity contribution is 5.99. The first kappa shape index (κ1) is 13.8. The van der Waals surface area contributed by atoms with E-state index in [4.69, 9.17) is 10.00 Å². The van der Waals surface area contributed by atoms with Gasteiger partial charge in [-0.15, -0.1) is 0 Å². The van der Waals surface area contributed by atoms with E-state index in [1.54, 1.807) is 0 Å². The predicted molar refractivity (Wildman–Crippen MR) is 70.2 cm³/mol. The molecule has 104 valence electrons. The van der Waals surface area contributed by atoms with Gasteiger partial charge in [0.15, 0.2) is 0 Å². The van der Waals surface area contributed by atoms with Gasteiger partial charge in [0, 0.05) is 12.1 Å². The quantitative estimate of drug-likeness (QED) is 0.670. The van der Waals surface area contributed by atoms with Crippen LogP contribution in [0.5, 0.6) is 5.75 Å². The largest absolute Gasteiger partial charge is 0.495 e. The molecule has 0 unspecified atom stereocenters. The van der Waals surface area contributed by atoms with Crippen molar-refractivity contribution >= 4 is 17.3 Å². The fourth-order valence-electron chi connectivity index (χ4n) is 2.07. The minimum absolute atomic E-state index is 0.152. The Morgan fingerprint density at radius 3 is 2.70 bits per heavy atom. The number of nitro benzene ring substituents is 1. The fraction of sp³-hybridized carbons (Fsp3) is 0.385. The molecule has 20 heavy (non-hydrogen) atoms. The minimum atomic E-state index is -1.02. The maximum atomic E-state index is 12.1.